The number of ether oxygens (including phenoxy) is 1. The summed E-state index contributed by atoms with van der Waals surface area (Å²) in [5.74, 6) is 1.75. The maximum absolute atomic E-state index is 6.31. The molecule has 0 fully saturated rings. The maximum Gasteiger partial charge on any atom is 0.398 e. The van der Waals surface area contributed by atoms with Crippen LogP contribution in [-0.2, 0) is 4.43 Å². The zero-order valence-corrected chi connectivity index (χ0v) is 16.4. The molecule has 0 aliphatic rings. The van der Waals surface area contributed by atoms with Gasteiger partial charge in [0.1, 0.15) is 11.5 Å². The van der Waals surface area contributed by atoms with E-state index in [1.807, 2.05) is 24.3 Å². The topological polar surface area (TPSA) is 27.7 Å². The number of unbranched alkanes of at least 4 members (excludes halogenated alkanes) is 5. The van der Waals surface area contributed by atoms with E-state index in [0.717, 1.165) is 36.6 Å². The molecule has 0 aliphatic carbocycles. The minimum Gasteiger partial charge on any atom is -0.520 e. The third-order valence-electron chi connectivity index (χ3n) is 4.30. The summed E-state index contributed by atoms with van der Waals surface area (Å²) in [5.41, 5.74) is 0. The minimum atomic E-state index is -2.13. The van der Waals surface area contributed by atoms with Crippen LogP contribution in [0.4, 0.5) is 0 Å². The summed E-state index contributed by atoms with van der Waals surface area (Å²) in [7, 11) is -0.451. The number of hydrogen-bond donors (Lipinski definition) is 0. The predicted molar refractivity (Wildman–Crippen MR) is 99.7 cm³/mol. The molecule has 0 heterocycles. The van der Waals surface area contributed by atoms with Crippen LogP contribution in [0.5, 0.6) is 11.5 Å². The normalized spacial score (nSPS) is 11.5. The second-order valence-corrected chi connectivity index (χ2v) is 9.74. The summed E-state index contributed by atoms with van der Waals surface area (Å²) in [6.45, 7) is 7.44. The van der Waals surface area contributed by atoms with Gasteiger partial charge in [-0.15, -0.1) is 0 Å². The molecule has 0 radical (unpaired) electrons. The van der Waals surface area contributed by atoms with Crippen LogP contribution in [0.15, 0.2) is 24.3 Å². The molecule has 0 unspecified atom stereocenters. The SMILES string of the molecule is CCCCCCCCO[Si](CC)(CC)Oc1ccc(OC)cc1. The third-order valence-corrected chi connectivity index (χ3v) is 7.80. The Kier molecular flexibility index (Phi) is 10.0. The first-order valence-corrected chi connectivity index (χ1v) is 11.4. The molecule has 132 valence electrons. The number of methoxy groups -OCH3 is 1. The average molecular weight is 339 g/mol. The smallest absolute Gasteiger partial charge is 0.398 e. The Morgan fingerprint density at radius 1 is 0.783 bits per heavy atom. The molecule has 0 aromatic heterocycles. The van der Waals surface area contributed by atoms with Crippen LogP contribution in [0.3, 0.4) is 0 Å². The summed E-state index contributed by atoms with van der Waals surface area (Å²) >= 11 is 0. The van der Waals surface area contributed by atoms with Gasteiger partial charge in [-0.2, -0.15) is 0 Å². The molecule has 1 rings (SSSR count). The van der Waals surface area contributed by atoms with Gasteiger partial charge in [0.2, 0.25) is 0 Å². The fraction of sp³-hybridized carbons (Fsp3) is 0.684. The molecule has 0 aliphatic heterocycles. The van der Waals surface area contributed by atoms with Crippen LogP contribution in [0, 0.1) is 0 Å². The van der Waals surface area contributed by atoms with Crippen molar-refractivity contribution in [3.05, 3.63) is 24.3 Å². The molecule has 0 amide bonds. The van der Waals surface area contributed by atoms with Crippen molar-refractivity contribution in [1.29, 1.82) is 0 Å². The van der Waals surface area contributed by atoms with Crippen molar-refractivity contribution in [1.82, 2.24) is 0 Å². The van der Waals surface area contributed by atoms with Crippen molar-refractivity contribution < 1.29 is 13.6 Å². The molecule has 0 spiro atoms. The number of benzene rings is 1. The summed E-state index contributed by atoms with van der Waals surface area (Å²) in [6, 6.07) is 9.78. The highest BCUT2D eigenvalue weighted by Crippen LogP contribution is 2.25. The average Bonchev–Trinajstić information content (AvgIpc) is 2.60. The zero-order valence-electron chi connectivity index (χ0n) is 15.4. The molecule has 1 aromatic rings. The van der Waals surface area contributed by atoms with E-state index >= 15 is 0 Å². The van der Waals surface area contributed by atoms with E-state index in [0.29, 0.717) is 0 Å². The van der Waals surface area contributed by atoms with E-state index in [1.165, 1.54) is 32.1 Å². The Labute approximate surface area is 143 Å². The van der Waals surface area contributed by atoms with E-state index in [2.05, 4.69) is 20.8 Å². The fourth-order valence-electron chi connectivity index (χ4n) is 2.63. The molecule has 23 heavy (non-hydrogen) atoms. The van der Waals surface area contributed by atoms with E-state index in [-0.39, 0.29) is 0 Å². The Morgan fingerprint density at radius 2 is 1.35 bits per heavy atom. The van der Waals surface area contributed by atoms with Gasteiger partial charge in [0.05, 0.1) is 7.11 Å². The van der Waals surface area contributed by atoms with Crippen LogP contribution in [-0.4, -0.2) is 22.3 Å². The van der Waals surface area contributed by atoms with Gasteiger partial charge in [-0.3, -0.25) is 0 Å². The van der Waals surface area contributed by atoms with Gasteiger partial charge in [-0.05, 0) is 42.8 Å². The quantitative estimate of drug-likeness (QED) is 0.329. The maximum atomic E-state index is 6.31. The Morgan fingerprint density at radius 3 is 1.91 bits per heavy atom. The molecule has 0 bridgehead atoms. The van der Waals surface area contributed by atoms with Crippen molar-refractivity contribution in [2.75, 3.05) is 13.7 Å². The molecule has 1 aromatic carbocycles. The van der Waals surface area contributed by atoms with Crippen molar-refractivity contribution in [2.24, 2.45) is 0 Å². The first-order chi connectivity index (χ1) is 11.2. The van der Waals surface area contributed by atoms with Gasteiger partial charge in [-0.1, -0.05) is 52.9 Å². The molecule has 4 heteroatoms. The highest BCUT2D eigenvalue weighted by molar-refractivity contribution is 6.68. The van der Waals surface area contributed by atoms with Crippen molar-refractivity contribution in [2.45, 2.75) is 71.4 Å². The van der Waals surface area contributed by atoms with Gasteiger partial charge in [0.15, 0.2) is 0 Å². The second-order valence-electron chi connectivity index (χ2n) is 6.01. The van der Waals surface area contributed by atoms with Crippen molar-refractivity contribution in [3.63, 3.8) is 0 Å². The van der Waals surface area contributed by atoms with Crippen LogP contribution in [0.25, 0.3) is 0 Å². The summed E-state index contributed by atoms with van der Waals surface area (Å²) in [4.78, 5) is 0. The van der Waals surface area contributed by atoms with Gasteiger partial charge in [0.25, 0.3) is 0 Å². The first-order valence-electron chi connectivity index (χ1n) is 9.16. The Hall–Kier alpha value is -1.00. The van der Waals surface area contributed by atoms with E-state index < -0.39 is 8.56 Å². The molecule has 0 atom stereocenters. The summed E-state index contributed by atoms with van der Waals surface area (Å²) in [6.07, 6.45) is 7.73. The van der Waals surface area contributed by atoms with E-state index in [4.69, 9.17) is 13.6 Å². The zero-order chi connectivity index (χ0) is 17.0. The molecule has 3 nitrogen and oxygen atoms in total. The highest BCUT2D eigenvalue weighted by Gasteiger charge is 2.35. The lowest BCUT2D eigenvalue weighted by Gasteiger charge is -2.29. The molecule has 0 N–H and O–H groups in total. The number of rotatable bonds is 13. The van der Waals surface area contributed by atoms with Crippen molar-refractivity contribution >= 4 is 8.56 Å². The fourth-order valence-corrected chi connectivity index (χ4v) is 4.96. The predicted octanol–water partition coefficient (Wildman–Crippen LogP) is 5.93. The number of hydrogen-bond acceptors (Lipinski definition) is 3. The van der Waals surface area contributed by atoms with Gasteiger partial charge in [-0.25, -0.2) is 0 Å². The van der Waals surface area contributed by atoms with E-state index in [9.17, 15) is 0 Å². The highest BCUT2D eigenvalue weighted by atomic mass is 28.4. The molecular weight excluding hydrogens is 304 g/mol. The van der Waals surface area contributed by atoms with Crippen LogP contribution < -0.4 is 9.16 Å². The lowest BCUT2D eigenvalue weighted by Crippen LogP contribution is -2.44. The van der Waals surface area contributed by atoms with Gasteiger partial charge < -0.3 is 13.6 Å². The molecular formula is C19H34O3Si. The Balaban J connectivity index is 2.43. The van der Waals surface area contributed by atoms with Crippen LogP contribution in [0.2, 0.25) is 12.1 Å². The van der Waals surface area contributed by atoms with Crippen LogP contribution >= 0.6 is 0 Å². The monoisotopic (exact) mass is 338 g/mol. The van der Waals surface area contributed by atoms with Crippen molar-refractivity contribution in [3.8, 4) is 11.5 Å². The minimum absolute atomic E-state index is 0.830. The van der Waals surface area contributed by atoms with Gasteiger partial charge in [0, 0.05) is 6.61 Å². The standard InChI is InChI=1S/C19H34O3Si/c1-5-8-9-10-11-12-17-21-23(6-2,7-3)22-19-15-13-18(20-4)14-16-19/h13-16H,5-12,17H2,1-4H3. The summed E-state index contributed by atoms with van der Waals surface area (Å²) < 4.78 is 17.8. The van der Waals surface area contributed by atoms with E-state index in [1.54, 1.807) is 7.11 Å². The lowest BCUT2D eigenvalue weighted by molar-refractivity contribution is 0.230. The lowest BCUT2D eigenvalue weighted by atomic mass is 10.1. The second kappa shape index (κ2) is 11.5. The Bertz CT molecular complexity index is 402. The van der Waals surface area contributed by atoms with Gasteiger partial charge >= 0.3 is 8.56 Å². The molecule has 0 saturated heterocycles. The molecule has 0 saturated carbocycles. The summed E-state index contributed by atoms with van der Waals surface area (Å²) in [5, 5.41) is 0. The first kappa shape index (κ1) is 20.0. The largest absolute Gasteiger partial charge is 0.520 e. The third kappa shape index (κ3) is 7.40. The van der Waals surface area contributed by atoms with Crippen LogP contribution in [0.1, 0.15) is 59.3 Å².